The molecule has 2 aromatic carbocycles. The van der Waals surface area contributed by atoms with E-state index < -0.39 is 0 Å². The summed E-state index contributed by atoms with van der Waals surface area (Å²) < 4.78 is 12.4. The van der Waals surface area contributed by atoms with Crippen molar-refractivity contribution in [3.63, 3.8) is 0 Å². The number of hydrogen-bond acceptors (Lipinski definition) is 6. The van der Waals surface area contributed by atoms with Crippen LogP contribution in [0.25, 0.3) is 11.0 Å². The van der Waals surface area contributed by atoms with Crippen LogP contribution in [-0.2, 0) is 11.3 Å². The van der Waals surface area contributed by atoms with Gasteiger partial charge in [-0.05, 0) is 36.4 Å². The summed E-state index contributed by atoms with van der Waals surface area (Å²) in [5, 5.41) is 0. The molecule has 1 saturated heterocycles. The first-order valence-electron chi connectivity index (χ1n) is 10.4. The fourth-order valence-corrected chi connectivity index (χ4v) is 3.70. The van der Waals surface area contributed by atoms with Crippen molar-refractivity contribution in [2.75, 3.05) is 46.4 Å². The van der Waals surface area contributed by atoms with E-state index in [1.807, 2.05) is 53.4 Å². The SMILES string of the molecule is COc1ccc(OCCN2CCN(C(=O)Cn3c(=O)cnc4ccccc43)CC2)cc1. The summed E-state index contributed by atoms with van der Waals surface area (Å²) in [6.45, 7) is 4.25. The predicted octanol–water partition coefficient (Wildman–Crippen LogP) is 1.63. The summed E-state index contributed by atoms with van der Waals surface area (Å²) in [7, 11) is 1.64. The zero-order valence-corrected chi connectivity index (χ0v) is 17.6. The highest BCUT2D eigenvalue weighted by molar-refractivity contribution is 5.80. The van der Waals surface area contributed by atoms with Crippen molar-refractivity contribution in [1.82, 2.24) is 19.4 Å². The van der Waals surface area contributed by atoms with Crippen LogP contribution in [0.3, 0.4) is 0 Å². The monoisotopic (exact) mass is 422 g/mol. The van der Waals surface area contributed by atoms with Gasteiger partial charge in [-0.3, -0.25) is 19.1 Å². The minimum Gasteiger partial charge on any atom is -0.497 e. The van der Waals surface area contributed by atoms with Gasteiger partial charge in [-0.1, -0.05) is 12.1 Å². The standard InChI is InChI=1S/C23H26N4O4/c1-30-18-6-8-19(9-7-18)31-15-14-25-10-12-26(13-11-25)23(29)17-27-21-5-3-2-4-20(21)24-16-22(27)28/h2-9,16H,10-15,17H2,1H3. The molecular weight excluding hydrogens is 396 g/mol. The van der Waals surface area contributed by atoms with Gasteiger partial charge in [0.25, 0.3) is 5.56 Å². The van der Waals surface area contributed by atoms with Crippen molar-refractivity contribution in [2.45, 2.75) is 6.54 Å². The van der Waals surface area contributed by atoms with Crippen LogP contribution in [0.1, 0.15) is 0 Å². The van der Waals surface area contributed by atoms with Crippen molar-refractivity contribution < 1.29 is 14.3 Å². The normalized spacial score (nSPS) is 14.5. The molecule has 3 aromatic rings. The zero-order valence-electron chi connectivity index (χ0n) is 17.6. The van der Waals surface area contributed by atoms with E-state index in [2.05, 4.69) is 9.88 Å². The molecule has 1 aromatic heterocycles. The predicted molar refractivity (Wildman–Crippen MR) is 118 cm³/mol. The van der Waals surface area contributed by atoms with Gasteiger partial charge in [0.15, 0.2) is 0 Å². The fraction of sp³-hybridized carbons (Fsp3) is 0.348. The van der Waals surface area contributed by atoms with E-state index in [0.717, 1.165) is 31.1 Å². The van der Waals surface area contributed by atoms with Gasteiger partial charge >= 0.3 is 0 Å². The molecule has 4 rings (SSSR count). The molecule has 0 bridgehead atoms. The van der Waals surface area contributed by atoms with E-state index >= 15 is 0 Å². The van der Waals surface area contributed by atoms with Gasteiger partial charge < -0.3 is 14.4 Å². The molecule has 8 heteroatoms. The minimum atomic E-state index is -0.263. The first-order chi connectivity index (χ1) is 15.1. The van der Waals surface area contributed by atoms with Crippen molar-refractivity contribution in [1.29, 1.82) is 0 Å². The second-order valence-corrected chi connectivity index (χ2v) is 7.42. The molecule has 0 unspecified atom stereocenters. The van der Waals surface area contributed by atoms with Crippen molar-refractivity contribution in [3.05, 3.63) is 65.1 Å². The number of fused-ring (bicyclic) bond motifs is 1. The summed E-state index contributed by atoms with van der Waals surface area (Å²) in [5.74, 6) is 1.56. The van der Waals surface area contributed by atoms with Crippen molar-refractivity contribution in [2.24, 2.45) is 0 Å². The highest BCUT2D eigenvalue weighted by Gasteiger charge is 2.22. The summed E-state index contributed by atoms with van der Waals surface area (Å²) >= 11 is 0. The van der Waals surface area contributed by atoms with Gasteiger partial charge in [-0.15, -0.1) is 0 Å². The summed E-state index contributed by atoms with van der Waals surface area (Å²) in [4.78, 5) is 33.3. The van der Waals surface area contributed by atoms with Gasteiger partial charge in [-0.25, -0.2) is 4.98 Å². The molecule has 1 aliphatic rings. The zero-order chi connectivity index (χ0) is 21.6. The molecule has 162 valence electrons. The second-order valence-electron chi connectivity index (χ2n) is 7.42. The number of rotatable bonds is 7. The number of nitrogens with zero attached hydrogens (tertiary/aromatic N) is 4. The Morgan fingerprint density at radius 2 is 1.71 bits per heavy atom. The quantitative estimate of drug-likeness (QED) is 0.576. The van der Waals surface area contributed by atoms with Crippen LogP contribution in [0.15, 0.2) is 59.5 Å². The van der Waals surface area contributed by atoms with E-state index in [-0.39, 0.29) is 18.0 Å². The third-order valence-corrected chi connectivity index (χ3v) is 5.51. The molecular formula is C23H26N4O4. The number of piperazine rings is 1. The number of carbonyl (C=O) groups is 1. The van der Waals surface area contributed by atoms with Gasteiger partial charge in [0.05, 0.1) is 24.3 Å². The van der Waals surface area contributed by atoms with Crippen molar-refractivity contribution >= 4 is 16.9 Å². The number of hydrogen-bond donors (Lipinski definition) is 0. The topological polar surface area (TPSA) is 76.9 Å². The lowest BCUT2D eigenvalue weighted by molar-refractivity contribution is -0.133. The molecule has 0 N–H and O–H groups in total. The summed E-state index contributed by atoms with van der Waals surface area (Å²) in [5.41, 5.74) is 1.12. The Kier molecular flexibility index (Phi) is 6.47. The third kappa shape index (κ3) is 5.03. The Balaban J connectivity index is 1.26. The molecule has 8 nitrogen and oxygen atoms in total. The second kappa shape index (κ2) is 9.61. The molecule has 0 saturated carbocycles. The first kappa shape index (κ1) is 20.9. The number of amides is 1. The Morgan fingerprint density at radius 1 is 1.00 bits per heavy atom. The average Bonchev–Trinajstić information content (AvgIpc) is 2.82. The van der Waals surface area contributed by atoms with Crippen LogP contribution in [0.4, 0.5) is 0 Å². The molecule has 1 fully saturated rings. The fourth-order valence-electron chi connectivity index (χ4n) is 3.70. The highest BCUT2D eigenvalue weighted by Crippen LogP contribution is 2.17. The summed E-state index contributed by atoms with van der Waals surface area (Å²) in [6, 6.07) is 14.9. The van der Waals surface area contributed by atoms with Crippen molar-refractivity contribution in [3.8, 4) is 11.5 Å². The lowest BCUT2D eigenvalue weighted by Gasteiger charge is -2.34. The van der Waals surface area contributed by atoms with E-state index in [1.165, 1.54) is 10.8 Å². The smallest absolute Gasteiger partial charge is 0.269 e. The summed E-state index contributed by atoms with van der Waals surface area (Å²) in [6.07, 6.45) is 1.27. The van der Waals surface area contributed by atoms with E-state index in [1.54, 1.807) is 7.11 Å². The Labute approximate surface area is 180 Å². The number of aromatic nitrogens is 2. The largest absolute Gasteiger partial charge is 0.497 e. The number of benzene rings is 2. The molecule has 0 radical (unpaired) electrons. The Hall–Kier alpha value is -3.39. The Bertz CT molecular complexity index is 1090. The van der Waals surface area contributed by atoms with E-state index in [0.29, 0.717) is 30.7 Å². The molecule has 31 heavy (non-hydrogen) atoms. The van der Waals surface area contributed by atoms with Crippen LogP contribution in [-0.4, -0.2) is 71.7 Å². The highest BCUT2D eigenvalue weighted by atomic mass is 16.5. The third-order valence-electron chi connectivity index (χ3n) is 5.51. The van der Waals surface area contributed by atoms with Gasteiger partial charge in [-0.2, -0.15) is 0 Å². The van der Waals surface area contributed by atoms with Crippen LogP contribution in [0.5, 0.6) is 11.5 Å². The Morgan fingerprint density at radius 3 is 2.45 bits per heavy atom. The first-order valence-corrected chi connectivity index (χ1v) is 10.4. The molecule has 1 amide bonds. The maximum atomic E-state index is 12.8. The lowest BCUT2D eigenvalue weighted by atomic mass is 10.2. The number of para-hydroxylation sites is 2. The number of methoxy groups -OCH3 is 1. The van der Waals surface area contributed by atoms with Gasteiger partial charge in [0.1, 0.15) is 24.7 Å². The van der Waals surface area contributed by atoms with Crippen LogP contribution < -0.4 is 15.0 Å². The minimum absolute atomic E-state index is 0.0302. The van der Waals surface area contributed by atoms with Gasteiger partial charge in [0, 0.05) is 32.7 Å². The van der Waals surface area contributed by atoms with Gasteiger partial charge in [0.2, 0.25) is 5.91 Å². The molecule has 0 spiro atoms. The van der Waals surface area contributed by atoms with E-state index in [4.69, 9.17) is 9.47 Å². The van der Waals surface area contributed by atoms with E-state index in [9.17, 15) is 9.59 Å². The average molecular weight is 422 g/mol. The maximum Gasteiger partial charge on any atom is 0.269 e. The molecule has 0 aliphatic carbocycles. The lowest BCUT2D eigenvalue weighted by Crippen LogP contribution is -2.50. The van der Waals surface area contributed by atoms with Crippen LogP contribution >= 0.6 is 0 Å². The molecule has 1 aliphatic heterocycles. The van der Waals surface area contributed by atoms with Crippen LogP contribution in [0, 0.1) is 0 Å². The molecule has 2 heterocycles. The number of ether oxygens (including phenoxy) is 2. The maximum absolute atomic E-state index is 12.8. The molecule has 0 atom stereocenters. The number of carbonyl (C=O) groups excluding carboxylic acids is 1. The van der Waals surface area contributed by atoms with Crippen LogP contribution in [0.2, 0.25) is 0 Å².